The van der Waals surface area contributed by atoms with Gasteiger partial charge in [0, 0.05) is 23.7 Å². The Bertz CT molecular complexity index is 936. The van der Waals surface area contributed by atoms with E-state index in [1.54, 1.807) is 16.5 Å². The van der Waals surface area contributed by atoms with E-state index in [-0.39, 0.29) is 18.4 Å². The van der Waals surface area contributed by atoms with Crippen LogP contribution < -0.4 is 5.32 Å². The lowest BCUT2D eigenvalue weighted by Crippen LogP contribution is -2.39. The molecule has 1 saturated carbocycles. The van der Waals surface area contributed by atoms with Crippen molar-refractivity contribution in [2.75, 3.05) is 18.4 Å². The van der Waals surface area contributed by atoms with Crippen LogP contribution in [0.15, 0.2) is 66.2 Å². The zero-order chi connectivity index (χ0) is 19.3. The molecular weight excluding hydrogens is 370 g/mol. The molecule has 0 aliphatic heterocycles. The number of aromatic nitrogens is 1. The minimum absolute atomic E-state index is 0.0371. The van der Waals surface area contributed by atoms with Crippen LogP contribution in [-0.2, 0) is 4.79 Å². The summed E-state index contributed by atoms with van der Waals surface area (Å²) in [4.78, 5) is 31.1. The molecule has 0 unspecified atom stereocenters. The van der Waals surface area contributed by atoms with Gasteiger partial charge in [-0.1, -0.05) is 42.5 Å². The minimum Gasteiger partial charge on any atom is -0.329 e. The molecule has 1 N–H and O–H groups in total. The number of benzene rings is 2. The summed E-state index contributed by atoms with van der Waals surface area (Å²) in [6.45, 7) is 0.653. The lowest BCUT2D eigenvalue weighted by atomic mass is 10.0. The number of thiazole rings is 1. The van der Waals surface area contributed by atoms with Gasteiger partial charge in [-0.25, -0.2) is 4.98 Å². The van der Waals surface area contributed by atoms with Gasteiger partial charge in [0.1, 0.15) is 6.54 Å². The summed E-state index contributed by atoms with van der Waals surface area (Å²) in [5.74, 6) is 0.172. The second-order valence-electron chi connectivity index (χ2n) is 6.96. The van der Waals surface area contributed by atoms with Crippen molar-refractivity contribution in [1.29, 1.82) is 0 Å². The second-order valence-corrected chi connectivity index (χ2v) is 7.85. The smallest absolute Gasteiger partial charge is 0.254 e. The first-order chi connectivity index (χ1) is 13.7. The average Bonchev–Trinajstić information content (AvgIpc) is 3.40. The summed E-state index contributed by atoms with van der Waals surface area (Å²) in [5, 5.41) is 5.11. The Kier molecular flexibility index (Phi) is 5.48. The van der Waals surface area contributed by atoms with Gasteiger partial charge in [0.15, 0.2) is 5.13 Å². The third-order valence-corrected chi connectivity index (χ3v) is 5.40. The van der Waals surface area contributed by atoms with E-state index < -0.39 is 0 Å². The van der Waals surface area contributed by atoms with Crippen molar-refractivity contribution < 1.29 is 9.59 Å². The van der Waals surface area contributed by atoms with E-state index in [0.29, 0.717) is 23.2 Å². The van der Waals surface area contributed by atoms with Crippen molar-refractivity contribution in [3.05, 3.63) is 71.7 Å². The summed E-state index contributed by atoms with van der Waals surface area (Å²) in [6, 6.07) is 17.6. The zero-order valence-corrected chi connectivity index (χ0v) is 16.2. The molecule has 1 aliphatic carbocycles. The Hall–Kier alpha value is -2.99. The first-order valence-corrected chi connectivity index (χ1v) is 10.2. The van der Waals surface area contributed by atoms with Crippen LogP contribution in [0.1, 0.15) is 23.2 Å². The summed E-state index contributed by atoms with van der Waals surface area (Å²) < 4.78 is 0. The van der Waals surface area contributed by atoms with Crippen LogP contribution in [0.3, 0.4) is 0 Å². The van der Waals surface area contributed by atoms with E-state index in [1.165, 1.54) is 11.3 Å². The molecule has 1 aromatic heterocycles. The molecule has 0 saturated heterocycles. The molecule has 0 radical (unpaired) electrons. The summed E-state index contributed by atoms with van der Waals surface area (Å²) in [7, 11) is 0. The number of hydrogen-bond donors (Lipinski definition) is 1. The maximum Gasteiger partial charge on any atom is 0.254 e. The maximum absolute atomic E-state index is 13.0. The van der Waals surface area contributed by atoms with Gasteiger partial charge in [0.25, 0.3) is 5.91 Å². The maximum atomic E-state index is 13.0. The van der Waals surface area contributed by atoms with E-state index in [9.17, 15) is 9.59 Å². The average molecular weight is 391 g/mol. The number of nitrogens with one attached hydrogen (secondary N) is 1. The standard InChI is InChI=1S/C22H21N3O2S/c26-20(24-22-23-12-13-28-22)15-25(14-16-6-7-16)21(27)19-10-8-18(9-11-19)17-4-2-1-3-5-17/h1-5,8-13,16H,6-7,14-15H2,(H,23,24,26). The topological polar surface area (TPSA) is 62.3 Å². The van der Waals surface area contributed by atoms with E-state index in [0.717, 1.165) is 24.0 Å². The van der Waals surface area contributed by atoms with E-state index >= 15 is 0 Å². The predicted octanol–water partition coefficient (Wildman–Crippen LogP) is 4.30. The van der Waals surface area contributed by atoms with E-state index in [1.807, 2.05) is 54.6 Å². The van der Waals surface area contributed by atoms with Crippen LogP contribution in [0.5, 0.6) is 0 Å². The number of hydrogen-bond acceptors (Lipinski definition) is 4. The predicted molar refractivity (Wildman–Crippen MR) is 111 cm³/mol. The fraction of sp³-hybridized carbons (Fsp3) is 0.227. The third kappa shape index (κ3) is 4.64. The number of anilines is 1. The van der Waals surface area contributed by atoms with Gasteiger partial charge in [0.05, 0.1) is 0 Å². The monoisotopic (exact) mass is 391 g/mol. The molecule has 4 rings (SSSR count). The first kappa shape index (κ1) is 18.4. The molecule has 142 valence electrons. The molecule has 6 heteroatoms. The van der Waals surface area contributed by atoms with Gasteiger partial charge in [-0.3, -0.25) is 9.59 Å². The SMILES string of the molecule is O=C(CN(CC1CC1)C(=O)c1ccc(-c2ccccc2)cc1)Nc1nccs1. The van der Waals surface area contributed by atoms with Crippen molar-refractivity contribution in [3.8, 4) is 11.1 Å². The molecule has 0 spiro atoms. The third-order valence-electron chi connectivity index (χ3n) is 4.71. The minimum atomic E-state index is -0.218. The molecule has 28 heavy (non-hydrogen) atoms. The number of carbonyl (C=O) groups is 2. The fourth-order valence-corrected chi connectivity index (χ4v) is 3.61. The molecule has 5 nitrogen and oxygen atoms in total. The Morgan fingerprint density at radius 3 is 2.39 bits per heavy atom. The quantitative estimate of drug-likeness (QED) is 0.653. The highest BCUT2D eigenvalue weighted by Gasteiger charge is 2.28. The number of nitrogens with zero attached hydrogens (tertiary/aromatic N) is 2. The molecule has 0 atom stereocenters. The Morgan fingerprint density at radius 2 is 1.75 bits per heavy atom. The number of amides is 2. The molecule has 2 amide bonds. The van der Waals surface area contributed by atoms with Crippen molar-refractivity contribution in [3.63, 3.8) is 0 Å². The molecular formula is C22H21N3O2S. The van der Waals surface area contributed by atoms with Crippen molar-refractivity contribution in [2.45, 2.75) is 12.8 Å². The molecule has 1 aliphatic rings. The summed E-state index contributed by atoms with van der Waals surface area (Å²) in [6.07, 6.45) is 3.87. The second kappa shape index (κ2) is 8.35. The van der Waals surface area contributed by atoms with E-state index in [4.69, 9.17) is 0 Å². The molecule has 0 bridgehead atoms. The summed E-state index contributed by atoms with van der Waals surface area (Å²) >= 11 is 1.36. The fourth-order valence-electron chi connectivity index (χ4n) is 3.07. The van der Waals surface area contributed by atoms with Gasteiger partial charge in [-0.05, 0) is 42.0 Å². The Balaban J connectivity index is 1.46. The van der Waals surface area contributed by atoms with Crippen molar-refractivity contribution >= 4 is 28.3 Å². The number of carbonyl (C=O) groups excluding carboxylic acids is 2. The first-order valence-electron chi connectivity index (χ1n) is 9.33. The molecule has 1 heterocycles. The van der Waals surface area contributed by atoms with E-state index in [2.05, 4.69) is 10.3 Å². The van der Waals surface area contributed by atoms with Crippen molar-refractivity contribution in [2.24, 2.45) is 5.92 Å². The lowest BCUT2D eigenvalue weighted by Gasteiger charge is -2.22. The van der Waals surface area contributed by atoms with Gasteiger partial charge < -0.3 is 10.2 Å². The van der Waals surface area contributed by atoms with Crippen LogP contribution in [0, 0.1) is 5.92 Å². The zero-order valence-electron chi connectivity index (χ0n) is 15.4. The van der Waals surface area contributed by atoms with Gasteiger partial charge in [-0.2, -0.15) is 0 Å². The normalized spacial score (nSPS) is 13.1. The molecule has 1 fully saturated rings. The highest BCUT2D eigenvalue weighted by atomic mass is 32.1. The largest absolute Gasteiger partial charge is 0.329 e. The highest BCUT2D eigenvalue weighted by Crippen LogP contribution is 2.30. The lowest BCUT2D eigenvalue weighted by molar-refractivity contribution is -0.116. The van der Waals surface area contributed by atoms with Crippen LogP contribution in [-0.4, -0.2) is 34.8 Å². The van der Waals surface area contributed by atoms with Crippen LogP contribution >= 0.6 is 11.3 Å². The Labute approximate surface area is 168 Å². The highest BCUT2D eigenvalue weighted by molar-refractivity contribution is 7.13. The number of rotatable bonds is 7. The summed E-state index contributed by atoms with van der Waals surface area (Å²) in [5.41, 5.74) is 2.77. The van der Waals surface area contributed by atoms with Crippen LogP contribution in [0.25, 0.3) is 11.1 Å². The molecule has 3 aromatic rings. The van der Waals surface area contributed by atoms with Gasteiger partial charge >= 0.3 is 0 Å². The van der Waals surface area contributed by atoms with Crippen LogP contribution in [0.2, 0.25) is 0 Å². The molecule has 2 aromatic carbocycles. The van der Waals surface area contributed by atoms with Gasteiger partial charge in [-0.15, -0.1) is 11.3 Å². The van der Waals surface area contributed by atoms with Crippen LogP contribution in [0.4, 0.5) is 5.13 Å². The van der Waals surface area contributed by atoms with Crippen molar-refractivity contribution in [1.82, 2.24) is 9.88 Å². The van der Waals surface area contributed by atoms with Gasteiger partial charge in [0.2, 0.25) is 5.91 Å². The Morgan fingerprint density at radius 1 is 1.04 bits per heavy atom.